The van der Waals surface area contributed by atoms with E-state index >= 15 is 0 Å². The van der Waals surface area contributed by atoms with Gasteiger partial charge in [-0.3, -0.25) is 33.7 Å². The summed E-state index contributed by atoms with van der Waals surface area (Å²) in [6.07, 6.45) is 10.1. The first-order chi connectivity index (χ1) is 28.3. The molecule has 17 heteroatoms. The van der Waals surface area contributed by atoms with Crippen LogP contribution in [-0.4, -0.2) is 143 Å². The van der Waals surface area contributed by atoms with Gasteiger partial charge in [-0.25, -0.2) is 14.8 Å². The highest BCUT2D eigenvalue weighted by Gasteiger charge is 2.32. The minimum atomic E-state index is -0.693. The molecule has 3 N–H and O–H groups in total. The largest absolute Gasteiger partial charge is 0.379 e. The number of piperidine rings is 1. The summed E-state index contributed by atoms with van der Waals surface area (Å²) in [6, 6.07) is 6.07. The number of aromatic nitrogens is 5. The van der Waals surface area contributed by atoms with Gasteiger partial charge < -0.3 is 34.1 Å². The highest BCUT2D eigenvalue weighted by Crippen LogP contribution is 2.29. The van der Waals surface area contributed by atoms with Crippen molar-refractivity contribution in [2.24, 2.45) is 7.05 Å². The number of hydrogen-bond acceptors (Lipinski definition) is 12. The van der Waals surface area contributed by atoms with Crippen molar-refractivity contribution in [2.75, 3.05) is 84.4 Å². The third-order valence-corrected chi connectivity index (χ3v) is 11.7. The molecule has 5 heterocycles. The van der Waals surface area contributed by atoms with E-state index < -0.39 is 11.9 Å². The third kappa shape index (κ3) is 10.1. The number of hydrogen-bond donors (Lipinski definition) is 3. The molecule has 2 aliphatic heterocycles. The molecule has 314 valence electrons. The molecule has 1 unspecified atom stereocenters. The van der Waals surface area contributed by atoms with Crippen molar-refractivity contribution >= 4 is 45.6 Å². The van der Waals surface area contributed by atoms with Gasteiger partial charge in [0.2, 0.25) is 17.7 Å². The number of carbonyl (C=O) groups is 3. The van der Waals surface area contributed by atoms with E-state index in [0.29, 0.717) is 70.3 Å². The van der Waals surface area contributed by atoms with Crippen LogP contribution < -0.4 is 16.3 Å². The summed E-state index contributed by atoms with van der Waals surface area (Å²) in [4.78, 5) is 66.3. The Hall–Kier alpha value is -4.68. The summed E-state index contributed by atoms with van der Waals surface area (Å²) in [5.41, 5.74) is 4.24. The lowest BCUT2D eigenvalue weighted by molar-refractivity contribution is -0.139. The lowest BCUT2D eigenvalue weighted by atomic mass is 9.89. The van der Waals surface area contributed by atoms with Gasteiger partial charge in [0.15, 0.2) is 0 Å². The molecule has 1 aliphatic carbocycles. The highest BCUT2D eigenvalue weighted by atomic mass is 16.6. The Balaban J connectivity index is 0.675. The Morgan fingerprint density at radius 1 is 0.862 bits per heavy atom. The van der Waals surface area contributed by atoms with Gasteiger partial charge in [-0.1, -0.05) is 6.07 Å². The molecule has 0 bridgehead atoms. The number of amides is 3. The lowest BCUT2D eigenvalue weighted by Crippen LogP contribution is -2.53. The Morgan fingerprint density at radius 2 is 1.57 bits per heavy atom. The molecule has 3 aromatic heterocycles. The average molecular weight is 804 g/mol. The Kier molecular flexibility index (Phi) is 14.2. The van der Waals surface area contributed by atoms with Crippen LogP contribution in [0.15, 0.2) is 35.5 Å². The molecule has 1 atom stereocenters. The fourth-order valence-electron chi connectivity index (χ4n) is 8.42. The van der Waals surface area contributed by atoms with Gasteiger partial charge in [-0.05, 0) is 75.1 Å². The summed E-state index contributed by atoms with van der Waals surface area (Å²) in [5, 5.41) is 7.08. The zero-order valence-electron chi connectivity index (χ0n) is 33.7. The number of ether oxygens (including phenoxy) is 4. The van der Waals surface area contributed by atoms with Crippen molar-refractivity contribution in [3.8, 4) is 0 Å². The van der Waals surface area contributed by atoms with Gasteiger partial charge in [0, 0.05) is 64.5 Å². The molecule has 1 saturated carbocycles. The molecular formula is C41H57N9O8. The van der Waals surface area contributed by atoms with Crippen LogP contribution in [-0.2, 0) is 46.8 Å². The fraction of sp³-hybridized carbons (Fsp3) is 0.610. The van der Waals surface area contributed by atoms with Crippen LogP contribution in [0.5, 0.6) is 0 Å². The predicted octanol–water partition coefficient (Wildman–Crippen LogP) is 2.46. The molecule has 3 fully saturated rings. The van der Waals surface area contributed by atoms with E-state index in [-0.39, 0.29) is 30.5 Å². The van der Waals surface area contributed by atoms with E-state index in [2.05, 4.69) is 37.4 Å². The van der Waals surface area contributed by atoms with Gasteiger partial charge in [-0.2, -0.15) is 0 Å². The van der Waals surface area contributed by atoms with Crippen molar-refractivity contribution in [2.45, 2.75) is 76.4 Å². The smallest absolute Gasteiger partial charge is 0.329 e. The number of anilines is 1. The SMILES string of the molecule is Cc1c[nH]c2ncnc(N[C@H]3CC[C@H](N4CCN(C(=O)COCCOCCOCCOCCCc5ccc6c(c5)n(C)c(=O)n6C5CCC(=O)NC5=O)CC4)CC3)c12. The predicted molar refractivity (Wildman–Crippen MR) is 217 cm³/mol. The molecule has 4 aromatic rings. The molecule has 0 spiro atoms. The number of rotatable bonds is 19. The number of aromatic amines is 1. The quantitative estimate of drug-likeness (QED) is 0.0931. The van der Waals surface area contributed by atoms with Gasteiger partial charge in [-0.15, -0.1) is 0 Å². The molecule has 58 heavy (non-hydrogen) atoms. The standard InChI is InChI=1S/C41H57N9O8/c1-28-25-42-38-37(28)39(44-27-43-38)45-30-6-8-31(9-7-30)48-13-15-49(16-14-48)36(52)26-58-23-22-57-21-20-56-19-18-55-17-3-4-29-5-10-32-34(24-29)47(2)41(54)50(32)33-11-12-35(51)46-40(33)53/h5,10,24-25,27,30-31,33H,3-4,6-9,11-23,26H2,1-2H3,(H,46,51,53)(H2,42,43,44,45)/t30-,31-,33?. The first kappa shape index (κ1) is 41.5. The van der Waals surface area contributed by atoms with Crippen LogP contribution in [0.2, 0.25) is 0 Å². The molecule has 0 radical (unpaired) electrons. The van der Waals surface area contributed by atoms with E-state index in [1.54, 1.807) is 17.9 Å². The molecule has 2 saturated heterocycles. The zero-order chi connectivity index (χ0) is 40.4. The van der Waals surface area contributed by atoms with Crippen LogP contribution in [0, 0.1) is 6.92 Å². The van der Waals surface area contributed by atoms with Crippen LogP contribution in [0.4, 0.5) is 5.82 Å². The van der Waals surface area contributed by atoms with Crippen LogP contribution >= 0.6 is 0 Å². The lowest BCUT2D eigenvalue weighted by Gasteiger charge is -2.42. The Morgan fingerprint density at radius 3 is 2.29 bits per heavy atom. The summed E-state index contributed by atoms with van der Waals surface area (Å²) in [7, 11) is 1.69. The number of imide groups is 1. The second kappa shape index (κ2) is 19.8. The van der Waals surface area contributed by atoms with Crippen LogP contribution in [0.3, 0.4) is 0 Å². The summed E-state index contributed by atoms with van der Waals surface area (Å²) >= 11 is 0. The number of piperazine rings is 1. The van der Waals surface area contributed by atoms with Gasteiger partial charge in [0.1, 0.15) is 30.4 Å². The number of imidazole rings is 1. The van der Waals surface area contributed by atoms with Crippen molar-refractivity contribution in [1.82, 2.24) is 39.2 Å². The first-order valence-electron chi connectivity index (χ1n) is 20.7. The Bertz CT molecular complexity index is 2080. The first-order valence-corrected chi connectivity index (χ1v) is 20.7. The summed E-state index contributed by atoms with van der Waals surface area (Å²) < 4.78 is 25.6. The minimum Gasteiger partial charge on any atom is -0.379 e. The maximum absolute atomic E-state index is 13.0. The monoisotopic (exact) mass is 803 g/mol. The number of nitrogens with one attached hydrogen (secondary N) is 3. The number of carbonyl (C=O) groups excluding carboxylic acids is 3. The third-order valence-electron chi connectivity index (χ3n) is 11.7. The fourth-order valence-corrected chi connectivity index (χ4v) is 8.42. The van der Waals surface area contributed by atoms with E-state index in [1.165, 1.54) is 4.57 Å². The molecule has 1 aromatic carbocycles. The topological polar surface area (TPSA) is 187 Å². The number of H-pyrrole nitrogens is 1. The maximum atomic E-state index is 13.0. The number of fused-ring (bicyclic) bond motifs is 2. The normalized spacial score (nSPS) is 20.6. The Labute approximate surface area is 337 Å². The van der Waals surface area contributed by atoms with E-state index in [4.69, 9.17) is 18.9 Å². The van der Waals surface area contributed by atoms with Crippen molar-refractivity contribution in [3.63, 3.8) is 0 Å². The molecule has 3 aliphatic rings. The van der Waals surface area contributed by atoms with Crippen molar-refractivity contribution in [3.05, 3.63) is 52.3 Å². The second-order valence-corrected chi connectivity index (χ2v) is 15.5. The van der Waals surface area contributed by atoms with Crippen molar-refractivity contribution in [1.29, 1.82) is 0 Å². The molecule has 3 amide bonds. The average Bonchev–Trinajstić information content (AvgIpc) is 3.73. The van der Waals surface area contributed by atoms with Crippen LogP contribution in [0.25, 0.3) is 22.1 Å². The molecular weight excluding hydrogens is 747 g/mol. The van der Waals surface area contributed by atoms with Crippen LogP contribution in [0.1, 0.15) is 62.1 Å². The van der Waals surface area contributed by atoms with E-state index in [1.807, 2.05) is 29.3 Å². The summed E-state index contributed by atoms with van der Waals surface area (Å²) in [6.45, 7) is 8.53. The molecule has 7 rings (SSSR count). The zero-order valence-corrected chi connectivity index (χ0v) is 33.7. The summed E-state index contributed by atoms with van der Waals surface area (Å²) in [5.74, 6) is 0.197. The molecule has 17 nitrogen and oxygen atoms in total. The second-order valence-electron chi connectivity index (χ2n) is 15.5. The van der Waals surface area contributed by atoms with Gasteiger partial charge in [0.05, 0.1) is 56.1 Å². The van der Waals surface area contributed by atoms with E-state index in [0.717, 1.165) is 98.2 Å². The maximum Gasteiger partial charge on any atom is 0.329 e. The van der Waals surface area contributed by atoms with Crippen molar-refractivity contribution < 1.29 is 33.3 Å². The van der Waals surface area contributed by atoms with Gasteiger partial charge in [0.25, 0.3) is 0 Å². The van der Waals surface area contributed by atoms with E-state index in [9.17, 15) is 19.2 Å². The van der Waals surface area contributed by atoms with Gasteiger partial charge >= 0.3 is 5.69 Å². The number of benzene rings is 1. The number of nitrogens with zero attached hydrogens (tertiary/aromatic N) is 6. The minimum absolute atomic E-state index is 0.0295. The highest BCUT2D eigenvalue weighted by molar-refractivity contribution is 6.00. The number of aryl methyl sites for hydroxylation is 3.